The Morgan fingerprint density at radius 2 is 2.00 bits per heavy atom. The van der Waals surface area contributed by atoms with E-state index in [9.17, 15) is 19.7 Å². The fourth-order valence-corrected chi connectivity index (χ4v) is 2.86. The minimum absolute atomic E-state index is 0.0449. The smallest absolute Gasteiger partial charge is 0.423 e. The number of aryl methyl sites for hydroxylation is 1. The number of carbonyl (C=O) groups is 2. The fraction of sp³-hybridized carbons (Fsp3) is 0.294. The van der Waals surface area contributed by atoms with Gasteiger partial charge in [-0.25, -0.2) is 9.59 Å². The van der Waals surface area contributed by atoms with Crippen molar-refractivity contribution in [2.75, 3.05) is 0 Å². The summed E-state index contributed by atoms with van der Waals surface area (Å²) in [6, 6.07) is 5.57. The monoisotopic (exact) mass is 394 g/mol. The van der Waals surface area contributed by atoms with Gasteiger partial charge in [0.2, 0.25) is 5.06 Å². The van der Waals surface area contributed by atoms with Crippen LogP contribution in [-0.2, 0) is 14.3 Å². The molecule has 2 rings (SSSR count). The first kappa shape index (κ1) is 20.3. The maximum Gasteiger partial charge on any atom is 0.423 e. The minimum Gasteiger partial charge on any atom is -0.452 e. The zero-order chi connectivity index (χ0) is 20.1. The van der Waals surface area contributed by atoms with Gasteiger partial charge >= 0.3 is 11.9 Å². The van der Waals surface area contributed by atoms with Gasteiger partial charge in [0.1, 0.15) is 5.75 Å². The Hall–Kier alpha value is -2.98. The maximum atomic E-state index is 11.9. The van der Waals surface area contributed by atoms with Gasteiger partial charge in [0.15, 0.2) is 12.0 Å². The summed E-state index contributed by atoms with van der Waals surface area (Å²) in [6.07, 6.45) is -0.561. The van der Waals surface area contributed by atoms with Gasteiger partial charge in [-0.05, 0) is 26.3 Å². The first-order valence-corrected chi connectivity index (χ1v) is 8.75. The molecule has 1 unspecified atom stereocenters. The van der Waals surface area contributed by atoms with E-state index in [0.717, 1.165) is 16.2 Å². The Morgan fingerprint density at radius 1 is 1.30 bits per heavy atom. The molecule has 1 heterocycles. The largest absolute Gasteiger partial charge is 0.452 e. The quantitative estimate of drug-likeness (QED) is 0.260. The lowest BCUT2D eigenvalue weighted by Crippen LogP contribution is -2.32. The summed E-state index contributed by atoms with van der Waals surface area (Å²) in [4.78, 5) is 34.8. The van der Waals surface area contributed by atoms with E-state index in [4.69, 9.17) is 19.9 Å². The Kier molecular flexibility index (Phi) is 6.48. The minimum atomic E-state index is -1.23. The highest BCUT2D eigenvalue weighted by molar-refractivity contribution is 7.14. The van der Waals surface area contributed by atoms with Crippen LogP contribution in [0.25, 0.3) is 0 Å². The second kappa shape index (κ2) is 8.60. The highest BCUT2D eigenvalue weighted by Crippen LogP contribution is 2.44. The lowest BCUT2D eigenvalue weighted by Gasteiger charge is -2.11. The summed E-state index contributed by atoms with van der Waals surface area (Å²) >= 11 is 1.10. The molecule has 0 bridgehead atoms. The molecule has 2 N–H and O–H groups in total. The van der Waals surface area contributed by atoms with Crippen LogP contribution in [0.15, 0.2) is 24.3 Å². The molecule has 0 saturated heterocycles. The molecule has 10 heteroatoms. The normalized spacial score (nSPS) is 11.6. The summed E-state index contributed by atoms with van der Waals surface area (Å²) in [7, 11) is 0. The van der Waals surface area contributed by atoms with E-state index in [-0.39, 0.29) is 22.2 Å². The van der Waals surface area contributed by atoms with Crippen LogP contribution in [0.2, 0.25) is 0 Å². The van der Waals surface area contributed by atoms with Crippen LogP contribution in [0.3, 0.4) is 0 Å². The van der Waals surface area contributed by atoms with Crippen molar-refractivity contribution in [3.8, 4) is 16.6 Å². The molecule has 0 saturated carbocycles. The van der Waals surface area contributed by atoms with Crippen LogP contribution in [0.5, 0.6) is 16.6 Å². The Bertz CT molecular complexity index is 878. The van der Waals surface area contributed by atoms with Crippen molar-refractivity contribution >= 4 is 29.0 Å². The van der Waals surface area contributed by atoms with Gasteiger partial charge < -0.3 is 14.2 Å². The number of hydrogen-bond acceptors (Lipinski definition) is 9. The van der Waals surface area contributed by atoms with Crippen molar-refractivity contribution in [3.63, 3.8) is 0 Å². The Balaban J connectivity index is 2.24. The van der Waals surface area contributed by atoms with Crippen molar-refractivity contribution in [2.45, 2.75) is 33.4 Å². The van der Waals surface area contributed by atoms with E-state index in [1.165, 1.54) is 24.3 Å². The molecule has 2 aromatic rings. The lowest BCUT2D eigenvalue weighted by molar-refractivity contribution is -0.384. The highest BCUT2D eigenvalue weighted by atomic mass is 32.1. The van der Waals surface area contributed by atoms with E-state index >= 15 is 0 Å². The zero-order valence-electron chi connectivity index (χ0n) is 14.9. The van der Waals surface area contributed by atoms with Gasteiger partial charge in [0, 0.05) is 16.5 Å². The number of nitro groups is 1. The van der Waals surface area contributed by atoms with Crippen molar-refractivity contribution in [2.24, 2.45) is 5.73 Å². The van der Waals surface area contributed by atoms with Gasteiger partial charge in [0.25, 0.3) is 5.69 Å². The second-order valence-electron chi connectivity index (χ2n) is 5.50. The topological polar surface area (TPSA) is 131 Å². The average Bonchev–Trinajstić information content (AvgIpc) is 2.89. The van der Waals surface area contributed by atoms with Crippen LogP contribution in [0.4, 0.5) is 5.69 Å². The SMILES string of the molecule is CCC(N)OC(=O)C(=O)Oc1sc(C)c(C)c1Oc1cccc([N+](=O)[O-])c1. The zero-order valence-corrected chi connectivity index (χ0v) is 15.7. The van der Waals surface area contributed by atoms with Crippen molar-refractivity contribution in [3.05, 3.63) is 44.8 Å². The predicted molar refractivity (Wildman–Crippen MR) is 97.0 cm³/mol. The highest BCUT2D eigenvalue weighted by Gasteiger charge is 2.25. The third-order valence-corrected chi connectivity index (χ3v) is 4.63. The number of thiophene rings is 1. The summed E-state index contributed by atoms with van der Waals surface area (Å²) in [5.41, 5.74) is 6.00. The number of carbonyl (C=O) groups excluding carboxylic acids is 2. The molecule has 9 nitrogen and oxygen atoms in total. The number of rotatable bonds is 6. The molecule has 1 atom stereocenters. The van der Waals surface area contributed by atoms with Gasteiger partial charge in [-0.3, -0.25) is 15.8 Å². The molecule has 1 aromatic heterocycles. The van der Waals surface area contributed by atoms with E-state index in [1.807, 2.05) is 0 Å². The molecule has 0 spiro atoms. The average molecular weight is 394 g/mol. The standard InChI is InChI=1S/C17H18N2O7S/c1-4-13(18)25-15(20)16(21)26-17-14(9(2)10(3)27-17)24-12-7-5-6-11(8-12)19(22)23/h5-8,13H,4,18H2,1-3H3. The molecular formula is C17H18N2O7S. The van der Waals surface area contributed by atoms with Gasteiger partial charge in [0.05, 0.1) is 11.0 Å². The molecule has 0 aliphatic heterocycles. The number of ether oxygens (including phenoxy) is 3. The van der Waals surface area contributed by atoms with E-state index < -0.39 is 23.1 Å². The maximum absolute atomic E-state index is 11.9. The predicted octanol–water partition coefficient (Wildman–Crippen LogP) is 3.21. The summed E-state index contributed by atoms with van der Waals surface area (Å²) < 4.78 is 15.5. The lowest BCUT2D eigenvalue weighted by atomic mass is 10.2. The summed E-state index contributed by atoms with van der Waals surface area (Å²) in [5.74, 6) is -2.06. The molecule has 0 amide bonds. The first-order chi connectivity index (χ1) is 12.7. The molecule has 1 aromatic carbocycles. The summed E-state index contributed by atoms with van der Waals surface area (Å²) in [6.45, 7) is 5.21. The van der Waals surface area contributed by atoms with Crippen LogP contribution in [0.1, 0.15) is 23.8 Å². The first-order valence-electron chi connectivity index (χ1n) is 7.93. The van der Waals surface area contributed by atoms with E-state index in [0.29, 0.717) is 12.0 Å². The molecule has 0 aliphatic carbocycles. The fourth-order valence-electron chi connectivity index (χ4n) is 1.93. The van der Waals surface area contributed by atoms with Crippen LogP contribution >= 0.6 is 11.3 Å². The molecule has 27 heavy (non-hydrogen) atoms. The van der Waals surface area contributed by atoms with Crippen molar-refractivity contribution < 1.29 is 28.7 Å². The Morgan fingerprint density at radius 3 is 2.63 bits per heavy atom. The third kappa shape index (κ3) is 5.02. The van der Waals surface area contributed by atoms with Gasteiger partial charge in [-0.2, -0.15) is 0 Å². The molecule has 0 radical (unpaired) electrons. The molecular weight excluding hydrogens is 376 g/mol. The number of esters is 2. The van der Waals surface area contributed by atoms with Crippen molar-refractivity contribution in [1.29, 1.82) is 0 Å². The summed E-state index contributed by atoms with van der Waals surface area (Å²) in [5, 5.41) is 10.9. The van der Waals surface area contributed by atoms with E-state index in [2.05, 4.69) is 0 Å². The number of non-ortho nitro benzene ring substituents is 1. The second-order valence-corrected chi connectivity index (χ2v) is 6.69. The Labute approximate surface area is 158 Å². The van der Waals surface area contributed by atoms with Crippen LogP contribution < -0.4 is 15.2 Å². The number of hydrogen-bond donors (Lipinski definition) is 1. The van der Waals surface area contributed by atoms with E-state index in [1.54, 1.807) is 20.8 Å². The number of nitro benzene ring substituents is 1. The number of nitrogens with two attached hydrogens (primary N) is 1. The molecule has 144 valence electrons. The number of nitrogens with zero attached hydrogens (tertiary/aromatic N) is 1. The van der Waals surface area contributed by atoms with Crippen LogP contribution in [-0.4, -0.2) is 23.1 Å². The van der Waals surface area contributed by atoms with Crippen molar-refractivity contribution in [1.82, 2.24) is 0 Å². The third-order valence-electron chi connectivity index (χ3n) is 3.56. The molecule has 0 fully saturated rings. The van der Waals surface area contributed by atoms with Gasteiger partial charge in [-0.15, -0.1) is 0 Å². The van der Waals surface area contributed by atoms with Gasteiger partial charge in [-0.1, -0.05) is 24.3 Å². The van der Waals surface area contributed by atoms with Crippen LogP contribution in [0, 0.1) is 24.0 Å². The number of benzene rings is 1. The molecule has 0 aliphatic rings.